The number of nitrogens with two attached hydrogens (primary N) is 1. The van der Waals surface area contributed by atoms with E-state index >= 15 is 0 Å². The van der Waals surface area contributed by atoms with E-state index in [1.165, 1.54) is 0 Å². The molecule has 1 aromatic carbocycles. The van der Waals surface area contributed by atoms with Gasteiger partial charge in [0.15, 0.2) is 0 Å². The quantitative estimate of drug-likeness (QED) is 0.816. The standard InChI is InChI=1S/C21H26N4O2/c22-15-20(26)25-13-7-5-11-19(25)21(27)24-18(16-8-2-1-3-9-16)14-17-10-4-6-12-23-17/h1-4,6,8-10,12,18-19H,5,7,11,13-15,22H2,(H,24,27). The van der Waals surface area contributed by atoms with Crippen molar-refractivity contribution in [3.63, 3.8) is 0 Å². The van der Waals surface area contributed by atoms with Crippen molar-refractivity contribution in [1.29, 1.82) is 0 Å². The number of carbonyl (C=O) groups excluding carboxylic acids is 2. The Bertz CT molecular complexity index is 751. The number of benzene rings is 1. The van der Waals surface area contributed by atoms with E-state index in [0.29, 0.717) is 19.4 Å². The second kappa shape index (κ2) is 9.28. The van der Waals surface area contributed by atoms with Crippen LogP contribution in [-0.4, -0.2) is 40.8 Å². The molecule has 27 heavy (non-hydrogen) atoms. The van der Waals surface area contributed by atoms with Crippen molar-refractivity contribution in [2.24, 2.45) is 5.73 Å². The summed E-state index contributed by atoms with van der Waals surface area (Å²) in [5.74, 6) is -0.294. The van der Waals surface area contributed by atoms with E-state index in [1.54, 1.807) is 11.1 Å². The van der Waals surface area contributed by atoms with E-state index in [-0.39, 0.29) is 24.4 Å². The molecule has 1 aromatic heterocycles. The fourth-order valence-electron chi connectivity index (χ4n) is 3.55. The molecule has 2 amide bonds. The van der Waals surface area contributed by atoms with E-state index in [4.69, 9.17) is 5.73 Å². The molecule has 2 aromatic rings. The summed E-state index contributed by atoms with van der Waals surface area (Å²) >= 11 is 0. The fraction of sp³-hybridized carbons (Fsp3) is 0.381. The summed E-state index contributed by atoms with van der Waals surface area (Å²) in [5, 5.41) is 3.15. The van der Waals surface area contributed by atoms with E-state index in [2.05, 4.69) is 10.3 Å². The Morgan fingerprint density at radius 3 is 2.63 bits per heavy atom. The van der Waals surface area contributed by atoms with Crippen LogP contribution in [0.25, 0.3) is 0 Å². The highest BCUT2D eigenvalue weighted by atomic mass is 16.2. The number of hydrogen-bond donors (Lipinski definition) is 2. The third-order valence-electron chi connectivity index (χ3n) is 4.96. The van der Waals surface area contributed by atoms with Gasteiger partial charge in [-0.2, -0.15) is 0 Å². The van der Waals surface area contributed by atoms with Crippen LogP contribution in [0, 0.1) is 0 Å². The molecular weight excluding hydrogens is 340 g/mol. The normalized spacial score (nSPS) is 18.0. The molecule has 142 valence electrons. The Hall–Kier alpha value is -2.73. The smallest absolute Gasteiger partial charge is 0.243 e. The molecule has 2 unspecified atom stereocenters. The molecule has 1 saturated heterocycles. The Balaban J connectivity index is 1.78. The Morgan fingerprint density at radius 1 is 1.15 bits per heavy atom. The zero-order valence-corrected chi connectivity index (χ0v) is 15.4. The highest BCUT2D eigenvalue weighted by Crippen LogP contribution is 2.21. The van der Waals surface area contributed by atoms with Crippen LogP contribution < -0.4 is 11.1 Å². The number of nitrogens with one attached hydrogen (secondary N) is 1. The van der Waals surface area contributed by atoms with Gasteiger partial charge in [-0.1, -0.05) is 36.4 Å². The van der Waals surface area contributed by atoms with Crippen LogP contribution >= 0.6 is 0 Å². The third-order valence-corrected chi connectivity index (χ3v) is 4.96. The average molecular weight is 366 g/mol. The topological polar surface area (TPSA) is 88.3 Å². The maximum Gasteiger partial charge on any atom is 0.243 e. The van der Waals surface area contributed by atoms with Gasteiger partial charge in [-0.05, 0) is 37.0 Å². The number of carbonyl (C=O) groups is 2. The first-order valence-corrected chi connectivity index (χ1v) is 9.44. The molecule has 0 radical (unpaired) electrons. The van der Waals surface area contributed by atoms with E-state index in [0.717, 1.165) is 24.1 Å². The number of rotatable bonds is 6. The maximum absolute atomic E-state index is 13.0. The van der Waals surface area contributed by atoms with Crippen molar-refractivity contribution in [3.05, 3.63) is 66.0 Å². The number of aromatic nitrogens is 1. The van der Waals surface area contributed by atoms with Crippen molar-refractivity contribution in [2.75, 3.05) is 13.1 Å². The fourth-order valence-corrected chi connectivity index (χ4v) is 3.55. The lowest BCUT2D eigenvalue weighted by Crippen LogP contribution is -2.54. The van der Waals surface area contributed by atoms with Crippen LogP contribution in [0.4, 0.5) is 0 Å². The average Bonchev–Trinajstić information content (AvgIpc) is 2.74. The lowest BCUT2D eigenvalue weighted by Gasteiger charge is -2.35. The molecule has 0 aliphatic carbocycles. The molecule has 0 spiro atoms. The predicted molar refractivity (Wildman–Crippen MR) is 104 cm³/mol. The van der Waals surface area contributed by atoms with Crippen LogP contribution in [0.2, 0.25) is 0 Å². The van der Waals surface area contributed by atoms with E-state index < -0.39 is 6.04 Å². The lowest BCUT2D eigenvalue weighted by molar-refractivity contribution is -0.141. The number of nitrogens with zero attached hydrogens (tertiary/aromatic N) is 2. The summed E-state index contributed by atoms with van der Waals surface area (Å²) in [6.07, 6.45) is 4.85. The number of likely N-dealkylation sites (tertiary alicyclic amines) is 1. The molecule has 1 aliphatic rings. The number of piperidine rings is 1. The summed E-state index contributed by atoms with van der Waals surface area (Å²) < 4.78 is 0. The van der Waals surface area contributed by atoms with Crippen LogP contribution in [0.1, 0.15) is 36.6 Å². The van der Waals surface area contributed by atoms with Crippen LogP contribution in [0.15, 0.2) is 54.7 Å². The van der Waals surface area contributed by atoms with Gasteiger partial charge in [0, 0.05) is 24.9 Å². The monoisotopic (exact) mass is 366 g/mol. The van der Waals surface area contributed by atoms with Gasteiger partial charge in [-0.3, -0.25) is 14.6 Å². The molecule has 1 fully saturated rings. The van der Waals surface area contributed by atoms with E-state index in [9.17, 15) is 9.59 Å². The van der Waals surface area contributed by atoms with Gasteiger partial charge >= 0.3 is 0 Å². The van der Waals surface area contributed by atoms with Crippen LogP contribution in [0.5, 0.6) is 0 Å². The minimum atomic E-state index is -0.454. The summed E-state index contributed by atoms with van der Waals surface area (Å²) in [6.45, 7) is 0.518. The van der Waals surface area contributed by atoms with Gasteiger partial charge in [-0.25, -0.2) is 0 Å². The maximum atomic E-state index is 13.0. The highest BCUT2D eigenvalue weighted by Gasteiger charge is 2.32. The Kier molecular flexibility index (Phi) is 6.54. The molecule has 1 aliphatic heterocycles. The van der Waals surface area contributed by atoms with Crippen molar-refractivity contribution in [1.82, 2.24) is 15.2 Å². The highest BCUT2D eigenvalue weighted by molar-refractivity contribution is 5.88. The second-order valence-corrected chi connectivity index (χ2v) is 6.80. The second-order valence-electron chi connectivity index (χ2n) is 6.80. The van der Waals surface area contributed by atoms with Crippen molar-refractivity contribution in [2.45, 2.75) is 37.8 Å². The molecule has 6 heteroatoms. The summed E-state index contributed by atoms with van der Waals surface area (Å²) in [4.78, 5) is 31.2. The molecule has 3 rings (SSSR count). The van der Waals surface area contributed by atoms with E-state index in [1.807, 2.05) is 48.5 Å². The van der Waals surface area contributed by atoms with Crippen LogP contribution in [0.3, 0.4) is 0 Å². The molecule has 6 nitrogen and oxygen atoms in total. The van der Waals surface area contributed by atoms with Crippen molar-refractivity contribution in [3.8, 4) is 0 Å². The van der Waals surface area contributed by atoms with Gasteiger partial charge < -0.3 is 16.0 Å². The first-order valence-electron chi connectivity index (χ1n) is 9.44. The Morgan fingerprint density at radius 2 is 1.93 bits per heavy atom. The van der Waals surface area contributed by atoms with Crippen molar-refractivity contribution < 1.29 is 9.59 Å². The van der Waals surface area contributed by atoms with Crippen molar-refractivity contribution >= 4 is 11.8 Å². The predicted octanol–water partition coefficient (Wildman–Crippen LogP) is 1.82. The first kappa shape index (κ1) is 19.0. The summed E-state index contributed by atoms with van der Waals surface area (Å²) in [7, 11) is 0. The number of pyridine rings is 1. The first-order chi connectivity index (χ1) is 13.2. The Labute approximate surface area is 159 Å². The van der Waals surface area contributed by atoms with Gasteiger partial charge in [0.1, 0.15) is 6.04 Å². The summed E-state index contributed by atoms with van der Waals surface area (Å²) in [6, 6.07) is 15.0. The van der Waals surface area contributed by atoms with Gasteiger partial charge in [-0.15, -0.1) is 0 Å². The minimum Gasteiger partial charge on any atom is -0.347 e. The van der Waals surface area contributed by atoms with Crippen LogP contribution in [-0.2, 0) is 16.0 Å². The molecule has 2 heterocycles. The molecule has 2 atom stereocenters. The zero-order valence-electron chi connectivity index (χ0n) is 15.4. The minimum absolute atomic E-state index is 0.0696. The zero-order chi connectivity index (χ0) is 19.1. The summed E-state index contributed by atoms with van der Waals surface area (Å²) in [5.41, 5.74) is 7.45. The number of amides is 2. The largest absolute Gasteiger partial charge is 0.347 e. The molecule has 0 bridgehead atoms. The lowest BCUT2D eigenvalue weighted by atomic mass is 9.98. The van der Waals surface area contributed by atoms with Gasteiger partial charge in [0.2, 0.25) is 11.8 Å². The molecule has 0 saturated carbocycles. The molecule has 3 N–H and O–H groups in total. The SMILES string of the molecule is NCC(=O)N1CCCCC1C(=O)NC(Cc1ccccn1)c1ccccc1. The van der Waals surface area contributed by atoms with Gasteiger partial charge in [0.25, 0.3) is 0 Å². The molecular formula is C21H26N4O2. The third kappa shape index (κ3) is 4.92. The van der Waals surface area contributed by atoms with Gasteiger partial charge in [0.05, 0.1) is 12.6 Å². The number of hydrogen-bond acceptors (Lipinski definition) is 4.